The first-order valence-corrected chi connectivity index (χ1v) is 6.83. The molecule has 112 valence electrons. The molecule has 2 nitrogen and oxygen atoms in total. The van der Waals surface area contributed by atoms with Crippen LogP contribution in [0.25, 0.3) is 0 Å². The Morgan fingerprint density at radius 2 is 1.90 bits per heavy atom. The lowest BCUT2D eigenvalue weighted by atomic mass is 10.1. The number of alkyl halides is 3. The van der Waals surface area contributed by atoms with Crippen LogP contribution in [0.1, 0.15) is 55.5 Å². The van der Waals surface area contributed by atoms with Gasteiger partial charge in [-0.3, -0.25) is 4.79 Å². The van der Waals surface area contributed by atoms with Crippen LogP contribution in [0.5, 0.6) is 0 Å². The molecule has 1 N–H and O–H groups in total. The molecule has 0 saturated heterocycles. The maximum absolute atomic E-state index is 12.8. The van der Waals surface area contributed by atoms with Crippen LogP contribution >= 0.6 is 0 Å². The van der Waals surface area contributed by atoms with E-state index in [1.165, 1.54) is 18.2 Å². The summed E-state index contributed by atoms with van der Waals surface area (Å²) in [6, 6.07) is 4.72. The molecule has 0 aromatic heterocycles. The molecular formula is C15H20F3NO. The second-order valence-electron chi connectivity index (χ2n) is 4.91. The Bertz CT molecular complexity index is 443. The Morgan fingerprint density at radius 3 is 2.50 bits per heavy atom. The van der Waals surface area contributed by atoms with E-state index in [0.29, 0.717) is 0 Å². The van der Waals surface area contributed by atoms with Gasteiger partial charge in [-0.2, -0.15) is 13.2 Å². The Kier molecular flexibility index (Phi) is 6.05. The first kappa shape index (κ1) is 16.5. The van der Waals surface area contributed by atoms with Crippen LogP contribution in [-0.4, -0.2) is 11.9 Å². The van der Waals surface area contributed by atoms with Crippen molar-refractivity contribution in [2.75, 3.05) is 0 Å². The summed E-state index contributed by atoms with van der Waals surface area (Å²) in [6.45, 7) is 3.88. The highest BCUT2D eigenvalue weighted by atomic mass is 19.4. The maximum atomic E-state index is 12.8. The number of unbranched alkanes of at least 4 members (excludes halogenated alkanes) is 2. The first-order chi connectivity index (χ1) is 9.36. The third kappa shape index (κ3) is 4.87. The lowest BCUT2D eigenvalue weighted by molar-refractivity contribution is -0.137. The van der Waals surface area contributed by atoms with Gasteiger partial charge in [0.05, 0.1) is 11.1 Å². The number of amides is 1. The lowest BCUT2D eigenvalue weighted by Crippen LogP contribution is -2.33. The van der Waals surface area contributed by atoms with Crippen LogP contribution in [-0.2, 0) is 6.18 Å². The molecule has 1 aromatic carbocycles. The molecule has 1 aromatic rings. The molecule has 1 unspecified atom stereocenters. The van der Waals surface area contributed by atoms with Crippen molar-refractivity contribution < 1.29 is 18.0 Å². The summed E-state index contributed by atoms with van der Waals surface area (Å²) < 4.78 is 38.4. The lowest BCUT2D eigenvalue weighted by Gasteiger charge is -2.16. The SMILES string of the molecule is CCCCCC(C)NC(=O)c1ccccc1C(F)(F)F. The largest absolute Gasteiger partial charge is 0.417 e. The number of nitrogens with one attached hydrogen (secondary N) is 1. The minimum absolute atomic E-state index is 0.129. The highest BCUT2D eigenvalue weighted by molar-refractivity contribution is 5.96. The molecule has 20 heavy (non-hydrogen) atoms. The normalized spacial score (nSPS) is 13.1. The summed E-state index contributed by atoms with van der Waals surface area (Å²) in [5, 5.41) is 2.63. The molecule has 0 aliphatic heterocycles. The monoisotopic (exact) mass is 287 g/mol. The van der Waals surface area contributed by atoms with Crippen LogP contribution in [0.4, 0.5) is 13.2 Å². The average molecular weight is 287 g/mol. The van der Waals surface area contributed by atoms with E-state index in [-0.39, 0.29) is 11.6 Å². The Hall–Kier alpha value is -1.52. The van der Waals surface area contributed by atoms with E-state index in [2.05, 4.69) is 12.2 Å². The van der Waals surface area contributed by atoms with Crippen molar-refractivity contribution in [1.82, 2.24) is 5.32 Å². The Labute approximate surface area is 117 Å². The van der Waals surface area contributed by atoms with Crippen molar-refractivity contribution in [2.24, 2.45) is 0 Å². The van der Waals surface area contributed by atoms with E-state index < -0.39 is 17.6 Å². The highest BCUT2D eigenvalue weighted by Crippen LogP contribution is 2.31. The fourth-order valence-electron chi connectivity index (χ4n) is 2.00. The molecule has 0 aliphatic rings. The molecule has 1 amide bonds. The van der Waals surface area contributed by atoms with E-state index >= 15 is 0 Å². The highest BCUT2D eigenvalue weighted by Gasteiger charge is 2.34. The topological polar surface area (TPSA) is 29.1 Å². The summed E-state index contributed by atoms with van der Waals surface area (Å²) in [7, 11) is 0. The molecular weight excluding hydrogens is 267 g/mol. The second-order valence-corrected chi connectivity index (χ2v) is 4.91. The fourth-order valence-corrected chi connectivity index (χ4v) is 2.00. The van der Waals surface area contributed by atoms with Crippen LogP contribution in [0.2, 0.25) is 0 Å². The number of carbonyl (C=O) groups excluding carboxylic acids is 1. The van der Waals surface area contributed by atoms with Crippen molar-refractivity contribution in [2.45, 2.75) is 51.7 Å². The molecule has 0 spiro atoms. The summed E-state index contributed by atoms with van der Waals surface area (Å²) in [4.78, 5) is 11.9. The summed E-state index contributed by atoms with van der Waals surface area (Å²) in [5.41, 5.74) is -1.21. The van der Waals surface area contributed by atoms with Crippen molar-refractivity contribution in [3.05, 3.63) is 35.4 Å². The van der Waals surface area contributed by atoms with E-state index in [1.807, 2.05) is 6.92 Å². The number of benzene rings is 1. The first-order valence-electron chi connectivity index (χ1n) is 6.83. The molecule has 0 aliphatic carbocycles. The predicted octanol–water partition coefficient (Wildman–Crippen LogP) is 4.40. The van der Waals surface area contributed by atoms with Gasteiger partial charge in [-0.15, -0.1) is 0 Å². The van der Waals surface area contributed by atoms with Crippen LogP contribution in [0.3, 0.4) is 0 Å². The van der Waals surface area contributed by atoms with E-state index in [4.69, 9.17) is 0 Å². The van der Waals surface area contributed by atoms with Crippen molar-refractivity contribution in [3.63, 3.8) is 0 Å². The third-order valence-electron chi connectivity index (χ3n) is 3.10. The van der Waals surface area contributed by atoms with Gasteiger partial charge < -0.3 is 5.32 Å². The third-order valence-corrected chi connectivity index (χ3v) is 3.10. The van der Waals surface area contributed by atoms with Gasteiger partial charge in [0.1, 0.15) is 0 Å². The van der Waals surface area contributed by atoms with Gasteiger partial charge in [-0.05, 0) is 25.5 Å². The minimum Gasteiger partial charge on any atom is -0.350 e. The van der Waals surface area contributed by atoms with Gasteiger partial charge in [-0.25, -0.2) is 0 Å². The Balaban J connectivity index is 2.73. The van der Waals surface area contributed by atoms with E-state index in [0.717, 1.165) is 31.7 Å². The summed E-state index contributed by atoms with van der Waals surface area (Å²) in [5.74, 6) is -0.665. The van der Waals surface area contributed by atoms with Gasteiger partial charge in [-0.1, -0.05) is 38.3 Å². The minimum atomic E-state index is -4.51. The quantitative estimate of drug-likeness (QED) is 0.772. The summed E-state index contributed by atoms with van der Waals surface area (Å²) >= 11 is 0. The fraction of sp³-hybridized carbons (Fsp3) is 0.533. The average Bonchev–Trinajstić information content (AvgIpc) is 2.38. The van der Waals surface area contributed by atoms with Crippen LogP contribution < -0.4 is 5.32 Å². The molecule has 0 saturated carbocycles. The number of rotatable bonds is 6. The molecule has 0 bridgehead atoms. The van der Waals surface area contributed by atoms with Gasteiger partial charge >= 0.3 is 6.18 Å². The van der Waals surface area contributed by atoms with E-state index in [9.17, 15) is 18.0 Å². The second kappa shape index (κ2) is 7.31. The molecule has 1 rings (SSSR count). The zero-order chi connectivity index (χ0) is 15.2. The molecule has 5 heteroatoms. The van der Waals surface area contributed by atoms with Gasteiger partial charge in [0.25, 0.3) is 5.91 Å². The van der Waals surface area contributed by atoms with Gasteiger partial charge in [0.2, 0.25) is 0 Å². The zero-order valence-corrected chi connectivity index (χ0v) is 11.8. The number of hydrogen-bond donors (Lipinski definition) is 1. The molecule has 0 radical (unpaired) electrons. The molecule has 0 fully saturated rings. The smallest absolute Gasteiger partial charge is 0.350 e. The summed E-state index contributed by atoms with van der Waals surface area (Å²) in [6.07, 6.45) is -0.664. The van der Waals surface area contributed by atoms with Crippen LogP contribution in [0, 0.1) is 0 Å². The number of halogens is 3. The number of hydrogen-bond acceptors (Lipinski definition) is 1. The molecule has 1 atom stereocenters. The van der Waals surface area contributed by atoms with E-state index in [1.54, 1.807) is 0 Å². The van der Waals surface area contributed by atoms with Crippen molar-refractivity contribution in [1.29, 1.82) is 0 Å². The molecule has 0 heterocycles. The zero-order valence-electron chi connectivity index (χ0n) is 11.8. The predicted molar refractivity (Wildman–Crippen MR) is 72.5 cm³/mol. The van der Waals surface area contributed by atoms with Gasteiger partial charge in [0, 0.05) is 6.04 Å². The van der Waals surface area contributed by atoms with Gasteiger partial charge in [0.15, 0.2) is 0 Å². The van der Waals surface area contributed by atoms with Crippen LogP contribution in [0.15, 0.2) is 24.3 Å². The number of carbonyl (C=O) groups is 1. The van der Waals surface area contributed by atoms with Crippen molar-refractivity contribution in [3.8, 4) is 0 Å². The standard InChI is InChI=1S/C15H20F3NO/c1-3-4-5-8-11(2)19-14(20)12-9-6-7-10-13(12)15(16,17)18/h6-7,9-11H,3-5,8H2,1-2H3,(H,19,20). The Morgan fingerprint density at radius 1 is 1.25 bits per heavy atom. The van der Waals surface area contributed by atoms with Crippen molar-refractivity contribution >= 4 is 5.91 Å². The maximum Gasteiger partial charge on any atom is 0.417 e.